The fraction of sp³-hybridized carbons (Fsp3) is 0.0667. The summed E-state index contributed by atoms with van der Waals surface area (Å²) < 4.78 is 27.3. The molecule has 0 spiro atoms. The van der Waals surface area contributed by atoms with Crippen molar-refractivity contribution in [2.75, 3.05) is 0 Å². The van der Waals surface area contributed by atoms with E-state index in [1.807, 2.05) is 0 Å². The second kappa shape index (κ2) is 4.97. The normalized spacial score (nSPS) is 11.0. The molecule has 0 bridgehead atoms. The van der Waals surface area contributed by atoms with Crippen LogP contribution in [0.4, 0.5) is 8.78 Å². The van der Waals surface area contributed by atoms with Gasteiger partial charge in [0.05, 0.1) is 6.42 Å². The molecule has 0 atom stereocenters. The minimum Gasteiger partial charge on any atom is -0.369 e. The quantitative estimate of drug-likeness (QED) is 0.777. The molecule has 106 valence electrons. The van der Waals surface area contributed by atoms with Crippen LogP contribution in [-0.4, -0.2) is 16.1 Å². The van der Waals surface area contributed by atoms with Gasteiger partial charge < -0.3 is 5.73 Å². The zero-order valence-electron chi connectivity index (χ0n) is 10.9. The Kier molecular flexibility index (Phi) is 3.13. The number of primary amides is 1. The van der Waals surface area contributed by atoms with Crippen molar-refractivity contribution in [2.45, 2.75) is 6.42 Å². The number of amides is 1. The van der Waals surface area contributed by atoms with Crippen LogP contribution in [0.25, 0.3) is 22.2 Å². The summed E-state index contributed by atoms with van der Waals surface area (Å²) in [6.45, 7) is 0. The number of benzene rings is 2. The average Bonchev–Trinajstić information content (AvgIpc) is 2.82. The van der Waals surface area contributed by atoms with Gasteiger partial charge in [-0.15, -0.1) is 0 Å². The third kappa shape index (κ3) is 2.47. The predicted molar refractivity (Wildman–Crippen MR) is 74.3 cm³/mol. The lowest BCUT2D eigenvalue weighted by Crippen LogP contribution is -2.13. The molecule has 0 radical (unpaired) electrons. The van der Waals surface area contributed by atoms with Crippen LogP contribution in [-0.2, 0) is 11.2 Å². The number of nitrogens with zero attached hydrogens (tertiary/aromatic N) is 1. The van der Waals surface area contributed by atoms with Crippen LogP contribution in [0.3, 0.4) is 0 Å². The second-order valence-electron chi connectivity index (χ2n) is 4.73. The number of fused-ring (bicyclic) bond motifs is 1. The smallest absolute Gasteiger partial charge is 0.221 e. The van der Waals surface area contributed by atoms with Gasteiger partial charge in [-0.2, -0.15) is 5.10 Å². The van der Waals surface area contributed by atoms with E-state index in [2.05, 4.69) is 10.2 Å². The lowest BCUT2D eigenvalue weighted by atomic mass is 10.0. The number of aromatic amines is 1. The summed E-state index contributed by atoms with van der Waals surface area (Å²) in [7, 11) is 0. The van der Waals surface area contributed by atoms with Crippen LogP contribution in [0.5, 0.6) is 0 Å². The molecule has 1 aromatic heterocycles. The highest BCUT2D eigenvalue weighted by Crippen LogP contribution is 2.29. The average molecular weight is 287 g/mol. The Labute approximate surface area is 118 Å². The molecule has 0 saturated heterocycles. The van der Waals surface area contributed by atoms with E-state index in [1.54, 1.807) is 18.2 Å². The zero-order valence-corrected chi connectivity index (χ0v) is 10.9. The predicted octanol–water partition coefficient (Wildman–Crippen LogP) is 2.54. The van der Waals surface area contributed by atoms with Crippen LogP contribution in [0, 0.1) is 11.6 Å². The van der Waals surface area contributed by atoms with Gasteiger partial charge in [0.25, 0.3) is 0 Å². The largest absolute Gasteiger partial charge is 0.369 e. The van der Waals surface area contributed by atoms with Crippen molar-refractivity contribution in [3.8, 4) is 11.3 Å². The highest BCUT2D eigenvalue weighted by molar-refractivity contribution is 5.94. The van der Waals surface area contributed by atoms with Gasteiger partial charge in [-0.1, -0.05) is 12.1 Å². The summed E-state index contributed by atoms with van der Waals surface area (Å²) in [6.07, 6.45) is -0.0688. The summed E-state index contributed by atoms with van der Waals surface area (Å²) >= 11 is 0. The number of nitrogens with two attached hydrogens (primary N) is 1. The molecule has 0 fully saturated rings. The minimum atomic E-state index is -0.551. The molecule has 4 nitrogen and oxygen atoms in total. The maximum absolute atomic E-state index is 14.0. The number of H-pyrrole nitrogens is 1. The van der Waals surface area contributed by atoms with Crippen molar-refractivity contribution in [1.82, 2.24) is 10.2 Å². The summed E-state index contributed by atoms with van der Waals surface area (Å²) in [5, 5.41) is 7.11. The summed E-state index contributed by atoms with van der Waals surface area (Å²) in [6, 6.07) is 8.73. The van der Waals surface area contributed by atoms with Gasteiger partial charge in [0.15, 0.2) is 0 Å². The number of hydrogen-bond donors (Lipinski definition) is 2. The number of nitrogens with one attached hydrogen (secondary N) is 1. The van der Waals surface area contributed by atoms with E-state index in [1.165, 1.54) is 18.2 Å². The standard InChI is InChI=1S/C15H11F2N3O/c16-10-3-1-2-9(7-10)14-11-4-8(6-13(18)21)5-12(17)15(11)20-19-14/h1-5,7H,6H2,(H2,18,21)(H,19,20). The maximum atomic E-state index is 14.0. The Morgan fingerprint density at radius 1 is 1.24 bits per heavy atom. The van der Waals surface area contributed by atoms with E-state index in [9.17, 15) is 13.6 Å². The molecular weight excluding hydrogens is 276 g/mol. The first-order chi connectivity index (χ1) is 10.0. The van der Waals surface area contributed by atoms with Crippen LogP contribution < -0.4 is 5.73 Å². The second-order valence-corrected chi connectivity index (χ2v) is 4.73. The van der Waals surface area contributed by atoms with E-state index >= 15 is 0 Å². The zero-order chi connectivity index (χ0) is 15.0. The van der Waals surface area contributed by atoms with E-state index in [4.69, 9.17) is 5.73 Å². The van der Waals surface area contributed by atoms with Crippen molar-refractivity contribution >= 4 is 16.8 Å². The van der Waals surface area contributed by atoms with E-state index in [-0.39, 0.29) is 11.9 Å². The van der Waals surface area contributed by atoms with Crippen molar-refractivity contribution in [2.24, 2.45) is 5.73 Å². The Balaban J connectivity index is 2.20. The third-order valence-corrected chi connectivity index (χ3v) is 3.16. The van der Waals surface area contributed by atoms with Gasteiger partial charge in [-0.05, 0) is 29.8 Å². The first kappa shape index (κ1) is 13.2. The molecule has 1 heterocycles. The van der Waals surface area contributed by atoms with Crippen LogP contribution in [0.1, 0.15) is 5.56 Å². The Morgan fingerprint density at radius 2 is 2.05 bits per heavy atom. The van der Waals surface area contributed by atoms with Gasteiger partial charge in [0, 0.05) is 10.9 Å². The molecule has 3 N–H and O–H groups in total. The van der Waals surface area contributed by atoms with Crippen LogP contribution >= 0.6 is 0 Å². The lowest BCUT2D eigenvalue weighted by Gasteiger charge is -2.02. The van der Waals surface area contributed by atoms with Gasteiger partial charge in [0.2, 0.25) is 5.91 Å². The maximum Gasteiger partial charge on any atom is 0.221 e. The van der Waals surface area contributed by atoms with Gasteiger partial charge in [-0.3, -0.25) is 9.89 Å². The molecule has 3 aromatic rings. The first-order valence-electron chi connectivity index (χ1n) is 6.25. The Hall–Kier alpha value is -2.76. The topological polar surface area (TPSA) is 71.8 Å². The number of aromatic nitrogens is 2. The molecule has 0 aliphatic heterocycles. The fourth-order valence-electron chi connectivity index (χ4n) is 2.29. The third-order valence-electron chi connectivity index (χ3n) is 3.16. The van der Waals surface area contributed by atoms with Gasteiger partial charge in [-0.25, -0.2) is 8.78 Å². The number of rotatable bonds is 3. The molecule has 2 aromatic carbocycles. The van der Waals surface area contributed by atoms with E-state index in [0.717, 1.165) is 0 Å². The molecule has 1 amide bonds. The minimum absolute atomic E-state index is 0.0688. The number of carbonyl (C=O) groups is 1. The van der Waals surface area contributed by atoms with Crippen LogP contribution in [0.15, 0.2) is 36.4 Å². The first-order valence-corrected chi connectivity index (χ1v) is 6.25. The molecule has 0 aliphatic carbocycles. The highest BCUT2D eigenvalue weighted by atomic mass is 19.1. The number of halogens is 2. The monoisotopic (exact) mass is 287 g/mol. The highest BCUT2D eigenvalue weighted by Gasteiger charge is 2.14. The number of carbonyl (C=O) groups excluding carboxylic acids is 1. The Morgan fingerprint density at radius 3 is 2.76 bits per heavy atom. The summed E-state index contributed by atoms with van der Waals surface area (Å²) in [5.41, 5.74) is 6.74. The lowest BCUT2D eigenvalue weighted by molar-refractivity contribution is -0.117. The van der Waals surface area contributed by atoms with Gasteiger partial charge >= 0.3 is 0 Å². The molecule has 3 rings (SSSR count). The molecule has 0 aliphatic rings. The number of hydrogen-bond acceptors (Lipinski definition) is 2. The van der Waals surface area contributed by atoms with E-state index in [0.29, 0.717) is 22.2 Å². The van der Waals surface area contributed by atoms with Crippen LogP contribution in [0.2, 0.25) is 0 Å². The summed E-state index contributed by atoms with van der Waals surface area (Å²) in [5.74, 6) is -1.49. The van der Waals surface area contributed by atoms with Crippen molar-refractivity contribution in [3.63, 3.8) is 0 Å². The van der Waals surface area contributed by atoms with Gasteiger partial charge in [0.1, 0.15) is 22.8 Å². The Bertz CT molecular complexity index is 842. The van der Waals surface area contributed by atoms with Crippen molar-refractivity contribution in [3.05, 3.63) is 53.6 Å². The molecule has 0 unspecified atom stereocenters. The summed E-state index contributed by atoms with van der Waals surface area (Å²) in [4.78, 5) is 11.0. The molecular formula is C15H11F2N3O. The molecule has 6 heteroatoms. The van der Waals surface area contributed by atoms with Crippen molar-refractivity contribution in [1.29, 1.82) is 0 Å². The molecule has 21 heavy (non-hydrogen) atoms. The molecule has 0 saturated carbocycles. The fourth-order valence-corrected chi connectivity index (χ4v) is 2.29. The SMILES string of the molecule is NC(=O)Cc1cc(F)c2[nH]nc(-c3cccc(F)c3)c2c1. The van der Waals surface area contributed by atoms with E-state index < -0.39 is 17.5 Å². The van der Waals surface area contributed by atoms with Crippen molar-refractivity contribution < 1.29 is 13.6 Å².